The lowest BCUT2D eigenvalue weighted by Gasteiger charge is -2.14. The molecule has 0 fully saturated rings. The molecule has 0 aromatic heterocycles. The maximum atomic E-state index is 13.1. The Labute approximate surface area is 77.6 Å². The molecule has 1 rings (SSSR count). The summed E-state index contributed by atoms with van der Waals surface area (Å²) in [6, 6.07) is 3.47. The number of nitrogens with zero attached hydrogens (tertiary/aromatic N) is 1. The summed E-state index contributed by atoms with van der Waals surface area (Å²) in [6.45, 7) is 0. The fourth-order valence-corrected chi connectivity index (χ4v) is 0.870. The molecule has 3 N–H and O–H groups in total. The molecule has 1 aromatic carbocycles. The first kappa shape index (κ1) is 10.4. The summed E-state index contributed by atoms with van der Waals surface area (Å²) in [4.78, 5) is 0. The second kappa shape index (κ2) is 3.57. The summed E-state index contributed by atoms with van der Waals surface area (Å²) >= 11 is 0. The summed E-state index contributed by atoms with van der Waals surface area (Å²) in [7, 11) is 0. The minimum Gasteiger partial charge on any atom is -0.409 e. The highest BCUT2D eigenvalue weighted by Gasteiger charge is 2.37. The Kier molecular flexibility index (Phi) is 2.64. The molecule has 3 nitrogen and oxygen atoms in total. The van der Waals surface area contributed by atoms with Crippen molar-refractivity contribution in [2.45, 2.75) is 5.92 Å². The molecule has 0 bridgehead atoms. The van der Waals surface area contributed by atoms with E-state index in [0.29, 0.717) is 0 Å². The van der Waals surface area contributed by atoms with E-state index >= 15 is 0 Å². The van der Waals surface area contributed by atoms with Crippen LogP contribution in [0, 0.1) is 5.82 Å². The quantitative estimate of drug-likeness (QED) is 0.333. The predicted molar refractivity (Wildman–Crippen MR) is 43.7 cm³/mol. The van der Waals surface area contributed by atoms with Gasteiger partial charge in [-0.25, -0.2) is 4.39 Å². The van der Waals surface area contributed by atoms with Crippen molar-refractivity contribution in [2.75, 3.05) is 0 Å². The number of amidine groups is 1. The third-order valence-corrected chi connectivity index (χ3v) is 1.64. The van der Waals surface area contributed by atoms with Gasteiger partial charge in [0.2, 0.25) is 5.84 Å². The van der Waals surface area contributed by atoms with Crippen LogP contribution in [0.25, 0.3) is 0 Å². The van der Waals surface area contributed by atoms with E-state index in [4.69, 9.17) is 10.9 Å². The molecule has 0 unspecified atom stereocenters. The number of halogens is 3. The molecule has 0 saturated heterocycles. The molecule has 0 saturated carbocycles. The van der Waals surface area contributed by atoms with E-state index in [2.05, 4.69) is 5.16 Å². The molecule has 0 aliphatic rings. The highest BCUT2D eigenvalue weighted by Crippen LogP contribution is 2.27. The fourth-order valence-electron chi connectivity index (χ4n) is 0.870. The smallest absolute Gasteiger partial charge is 0.332 e. The first-order valence-electron chi connectivity index (χ1n) is 3.60. The topological polar surface area (TPSA) is 58.6 Å². The summed E-state index contributed by atoms with van der Waals surface area (Å²) in [5, 5.41) is 10.3. The molecule has 76 valence electrons. The van der Waals surface area contributed by atoms with E-state index in [9.17, 15) is 13.2 Å². The van der Waals surface area contributed by atoms with Crippen LogP contribution in [0.3, 0.4) is 0 Å². The summed E-state index contributed by atoms with van der Waals surface area (Å²) in [5.74, 6) is -5.46. The maximum absolute atomic E-state index is 13.1. The normalized spacial score (nSPS) is 12.9. The first-order valence-corrected chi connectivity index (χ1v) is 3.60. The zero-order chi connectivity index (χ0) is 10.8. The van der Waals surface area contributed by atoms with Crippen molar-refractivity contribution in [3.63, 3.8) is 0 Å². The van der Waals surface area contributed by atoms with Crippen molar-refractivity contribution < 1.29 is 18.4 Å². The van der Waals surface area contributed by atoms with Crippen LogP contribution in [-0.4, -0.2) is 11.0 Å². The highest BCUT2D eigenvalue weighted by molar-refractivity contribution is 5.87. The molecule has 0 amide bonds. The molecule has 0 aliphatic heterocycles. The zero-order valence-corrected chi connectivity index (χ0v) is 6.92. The molecule has 0 spiro atoms. The van der Waals surface area contributed by atoms with Crippen molar-refractivity contribution in [3.8, 4) is 0 Å². The van der Waals surface area contributed by atoms with Gasteiger partial charge in [0.1, 0.15) is 5.82 Å². The number of alkyl halides is 2. The van der Waals surface area contributed by atoms with Gasteiger partial charge in [-0.2, -0.15) is 8.78 Å². The Morgan fingerprint density at radius 3 is 2.21 bits per heavy atom. The molecule has 0 radical (unpaired) electrons. The lowest BCUT2D eigenvalue weighted by Crippen LogP contribution is -2.33. The third-order valence-electron chi connectivity index (χ3n) is 1.64. The van der Waals surface area contributed by atoms with Crippen molar-refractivity contribution in [1.29, 1.82) is 0 Å². The summed E-state index contributed by atoms with van der Waals surface area (Å²) < 4.78 is 38.7. The van der Waals surface area contributed by atoms with Gasteiger partial charge < -0.3 is 10.9 Å². The van der Waals surface area contributed by atoms with E-state index < -0.39 is 23.1 Å². The molecular formula is C8H7F3N2O. The summed E-state index contributed by atoms with van der Waals surface area (Å²) in [5.41, 5.74) is 4.24. The van der Waals surface area contributed by atoms with Crippen LogP contribution in [0.1, 0.15) is 5.56 Å². The fraction of sp³-hybridized carbons (Fsp3) is 0.125. The Morgan fingerprint density at radius 1 is 1.29 bits per heavy atom. The minimum absolute atomic E-state index is 0.533. The number of nitrogens with two attached hydrogens (primary N) is 1. The molecule has 0 heterocycles. The van der Waals surface area contributed by atoms with Gasteiger partial charge in [-0.1, -0.05) is 5.16 Å². The second-order valence-corrected chi connectivity index (χ2v) is 2.57. The first-order chi connectivity index (χ1) is 6.48. The van der Waals surface area contributed by atoms with Crippen LogP contribution < -0.4 is 5.73 Å². The second-order valence-electron chi connectivity index (χ2n) is 2.57. The van der Waals surface area contributed by atoms with E-state index in [1.54, 1.807) is 0 Å². The maximum Gasteiger partial charge on any atom is 0.332 e. The average molecular weight is 204 g/mol. The molecular weight excluding hydrogens is 197 g/mol. The Bertz CT molecular complexity index is 348. The standard InChI is InChI=1S/C8H7F3N2O/c9-6-3-1-5(2-4-6)8(10,11)7(12)13-14/h1-4,14H,(H2,12,13). The van der Waals surface area contributed by atoms with E-state index in [-0.39, 0.29) is 0 Å². The van der Waals surface area contributed by atoms with Gasteiger partial charge in [-0.15, -0.1) is 0 Å². The van der Waals surface area contributed by atoms with E-state index in [1.807, 2.05) is 0 Å². The van der Waals surface area contributed by atoms with Crippen LogP contribution >= 0.6 is 0 Å². The highest BCUT2D eigenvalue weighted by atomic mass is 19.3. The largest absolute Gasteiger partial charge is 0.409 e. The van der Waals surface area contributed by atoms with E-state index in [0.717, 1.165) is 24.3 Å². The van der Waals surface area contributed by atoms with Gasteiger partial charge in [0, 0.05) is 5.56 Å². The van der Waals surface area contributed by atoms with Gasteiger partial charge in [0.15, 0.2) is 0 Å². The lowest BCUT2D eigenvalue weighted by atomic mass is 10.1. The number of hydrogen-bond donors (Lipinski definition) is 2. The monoisotopic (exact) mass is 204 g/mol. The number of benzene rings is 1. The van der Waals surface area contributed by atoms with Crippen LogP contribution in [0.15, 0.2) is 29.4 Å². The van der Waals surface area contributed by atoms with Crippen molar-refractivity contribution >= 4 is 5.84 Å². The predicted octanol–water partition coefficient (Wildman–Crippen LogP) is 1.66. The van der Waals surface area contributed by atoms with Crippen molar-refractivity contribution in [2.24, 2.45) is 10.9 Å². The van der Waals surface area contributed by atoms with Gasteiger partial charge in [0.05, 0.1) is 0 Å². The minimum atomic E-state index is -3.59. The molecule has 14 heavy (non-hydrogen) atoms. The van der Waals surface area contributed by atoms with Crippen molar-refractivity contribution in [1.82, 2.24) is 0 Å². The SMILES string of the molecule is NC(=NO)C(F)(F)c1ccc(F)cc1. The average Bonchev–Trinajstić information content (AvgIpc) is 2.17. The lowest BCUT2D eigenvalue weighted by molar-refractivity contribution is 0.0698. The Hall–Kier alpha value is -1.72. The van der Waals surface area contributed by atoms with Crippen LogP contribution in [0.2, 0.25) is 0 Å². The Morgan fingerprint density at radius 2 is 1.79 bits per heavy atom. The number of oxime groups is 1. The number of rotatable bonds is 2. The molecule has 0 aliphatic carbocycles. The van der Waals surface area contributed by atoms with E-state index in [1.165, 1.54) is 0 Å². The van der Waals surface area contributed by atoms with Crippen LogP contribution in [0.4, 0.5) is 13.2 Å². The summed E-state index contributed by atoms with van der Waals surface area (Å²) in [6.07, 6.45) is 0. The molecule has 0 atom stereocenters. The third kappa shape index (κ3) is 1.78. The molecule has 6 heteroatoms. The zero-order valence-electron chi connectivity index (χ0n) is 6.92. The van der Waals surface area contributed by atoms with Gasteiger partial charge in [-0.3, -0.25) is 0 Å². The van der Waals surface area contributed by atoms with Gasteiger partial charge >= 0.3 is 5.92 Å². The van der Waals surface area contributed by atoms with Gasteiger partial charge in [0.25, 0.3) is 0 Å². The van der Waals surface area contributed by atoms with Crippen LogP contribution in [-0.2, 0) is 5.92 Å². The molecule has 1 aromatic rings. The number of hydrogen-bond acceptors (Lipinski definition) is 2. The van der Waals surface area contributed by atoms with Crippen LogP contribution in [0.5, 0.6) is 0 Å². The van der Waals surface area contributed by atoms with Crippen molar-refractivity contribution in [3.05, 3.63) is 35.6 Å². The van der Waals surface area contributed by atoms with Gasteiger partial charge in [-0.05, 0) is 24.3 Å². The Balaban J connectivity index is 3.10.